The van der Waals surface area contributed by atoms with E-state index in [-0.39, 0.29) is 18.6 Å². The van der Waals surface area contributed by atoms with Crippen molar-refractivity contribution in [1.82, 2.24) is 0 Å². The Hall–Kier alpha value is -2.55. The largest absolute Gasteiger partial charge is 0.508 e. The first-order chi connectivity index (χ1) is 7.95. The van der Waals surface area contributed by atoms with Crippen LogP contribution >= 0.6 is 0 Å². The van der Waals surface area contributed by atoms with Gasteiger partial charge in [-0.05, 0) is 24.3 Å². The molecule has 0 heterocycles. The van der Waals surface area contributed by atoms with Gasteiger partial charge in [0.05, 0.1) is 24.5 Å². The number of nitrogens with zero attached hydrogens (tertiary/aromatic N) is 1. The van der Waals surface area contributed by atoms with E-state index in [4.69, 9.17) is 20.6 Å². The van der Waals surface area contributed by atoms with Crippen LogP contribution < -0.4 is 0 Å². The molecule has 0 amide bonds. The second-order valence-electron chi connectivity index (χ2n) is 2.95. The summed E-state index contributed by atoms with van der Waals surface area (Å²) in [5, 5.41) is 32.8. The van der Waals surface area contributed by atoms with Crippen molar-refractivity contribution in [3.8, 4) is 11.8 Å². The molecule has 0 saturated heterocycles. The zero-order chi connectivity index (χ0) is 13.3. The van der Waals surface area contributed by atoms with Crippen LogP contribution in [0, 0.1) is 11.3 Å². The van der Waals surface area contributed by atoms with Gasteiger partial charge in [-0.15, -0.1) is 0 Å². The maximum absolute atomic E-state index is 9.64. The number of rotatable bonds is 3. The Balaban J connectivity index is 0.000000304. The van der Waals surface area contributed by atoms with Gasteiger partial charge < -0.3 is 15.3 Å². The van der Waals surface area contributed by atoms with Crippen molar-refractivity contribution in [3.05, 3.63) is 29.8 Å². The second-order valence-corrected chi connectivity index (χ2v) is 2.95. The number of carboxylic acid groups (broad SMARTS) is 2. The Bertz CT molecular complexity index is 404. The van der Waals surface area contributed by atoms with E-state index in [0.717, 1.165) is 0 Å². The highest BCUT2D eigenvalue weighted by Gasteiger charge is 2.00. The number of benzene rings is 1. The molecular weight excluding hydrogens is 226 g/mol. The third kappa shape index (κ3) is 8.44. The molecule has 0 saturated carbocycles. The van der Waals surface area contributed by atoms with E-state index >= 15 is 0 Å². The van der Waals surface area contributed by atoms with E-state index in [1.807, 2.05) is 6.07 Å². The average molecular weight is 237 g/mol. The summed E-state index contributed by atoms with van der Waals surface area (Å²) < 4.78 is 0. The lowest BCUT2D eigenvalue weighted by Gasteiger charge is -1.87. The molecule has 1 aromatic rings. The lowest BCUT2D eigenvalue weighted by atomic mass is 10.2. The highest BCUT2D eigenvalue weighted by molar-refractivity contribution is 5.75. The van der Waals surface area contributed by atoms with E-state index in [1.54, 1.807) is 12.1 Å². The van der Waals surface area contributed by atoms with Crippen LogP contribution in [0.2, 0.25) is 0 Å². The zero-order valence-electron chi connectivity index (χ0n) is 8.83. The summed E-state index contributed by atoms with van der Waals surface area (Å²) in [6.07, 6.45) is -0.593. The molecule has 0 fully saturated rings. The van der Waals surface area contributed by atoms with Crippen LogP contribution in [0.3, 0.4) is 0 Å². The van der Waals surface area contributed by atoms with Crippen LogP contribution in [-0.2, 0) is 9.59 Å². The number of aromatic hydroxyl groups is 1. The van der Waals surface area contributed by atoms with Crippen molar-refractivity contribution in [1.29, 1.82) is 5.26 Å². The number of nitriles is 1. The fourth-order valence-electron chi connectivity index (χ4n) is 0.750. The van der Waals surface area contributed by atoms with Crippen LogP contribution in [0.5, 0.6) is 5.75 Å². The van der Waals surface area contributed by atoms with Crippen LogP contribution in [0.1, 0.15) is 18.4 Å². The van der Waals surface area contributed by atoms with E-state index < -0.39 is 11.9 Å². The maximum atomic E-state index is 9.64. The van der Waals surface area contributed by atoms with Crippen LogP contribution in [-0.4, -0.2) is 27.3 Å². The van der Waals surface area contributed by atoms with Gasteiger partial charge in [-0.2, -0.15) is 5.26 Å². The van der Waals surface area contributed by atoms with Crippen molar-refractivity contribution >= 4 is 11.9 Å². The van der Waals surface area contributed by atoms with Gasteiger partial charge in [0, 0.05) is 0 Å². The van der Waals surface area contributed by atoms with Gasteiger partial charge in [0.25, 0.3) is 0 Å². The second kappa shape index (κ2) is 7.70. The molecular formula is C11H11NO5. The molecule has 0 aliphatic heterocycles. The lowest BCUT2D eigenvalue weighted by molar-refractivity contribution is -0.143. The number of hydrogen-bond acceptors (Lipinski definition) is 4. The molecule has 0 radical (unpaired) electrons. The molecule has 1 rings (SSSR count). The number of carbonyl (C=O) groups is 2. The fraction of sp³-hybridized carbons (Fsp3) is 0.182. The van der Waals surface area contributed by atoms with Gasteiger partial charge in [-0.25, -0.2) is 0 Å². The van der Waals surface area contributed by atoms with Crippen molar-refractivity contribution < 1.29 is 24.9 Å². The number of hydrogen-bond donors (Lipinski definition) is 3. The summed E-state index contributed by atoms with van der Waals surface area (Å²) in [6.45, 7) is 0. The van der Waals surface area contributed by atoms with E-state index in [2.05, 4.69) is 0 Å². The highest BCUT2D eigenvalue weighted by Crippen LogP contribution is 2.07. The van der Waals surface area contributed by atoms with Crippen LogP contribution in [0.25, 0.3) is 0 Å². The predicted molar refractivity (Wildman–Crippen MR) is 57.3 cm³/mol. The molecule has 0 aromatic heterocycles. The predicted octanol–water partition coefficient (Wildman–Crippen LogP) is 1.20. The molecule has 0 atom stereocenters. The summed E-state index contributed by atoms with van der Waals surface area (Å²) in [4.78, 5) is 19.3. The molecule has 6 heteroatoms. The zero-order valence-corrected chi connectivity index (χ0v) is 8.83. The Morgan fingerprint density at radius 1 is 1.06 bits per heavy atom. The third-order valence-corrected chi connectivity index (χ3v) is 1.55. The smallest absolute Gasteiger partial charge is 0.303 e. The van der Waals surface area contributed by atoms with Crippen LogP contribution in [0.4, 0.5) is 0 Å². The average Bonchev–Trinajstić information content (AvgIpc) is 2.28. The Morgan fingerprint density at radius 2 is 1.47 bits per heavy atom. The highest BCUT2D eigenvalue weighted by atomic mass is 16.4. The monoisotopic (exact) mass is 237 g/mol. The molecule has 1 aromatic carbocycles. The molecule has 0 bridgehead atoms. The van der Waals surface area contributed by atoms with Crippen molar-refractivity contribution in [2.45, 2.75) is 12.8 Å². The maximum Gasteiger partial charge on any atom is 0.303 e. The summed E-state index contributed by atoms with van der Waals surface area (Å²) in [7, 11) is 0. The lowest BCUT2D eigenvalue weighted by Crippen LogP contribution is -2.00. The summed E-state index contributed by atoms with van der Waals surface area (Å²) in [5.41, 5.74) is 0.563. The first-order valence-electron chi connectivity index (χ1n) is 4.58. The van der Waals surface area contributed by atoms with Crippen LogP contribution in [0.15, 0.2) is 24.3 Å². The minimum Gasteiger partial charge on any atom is -0.508 e. The Morgan fingerprint density at radius 3 is 1.76 bits per heavy atom. The Kier molecular flexibility index (Phi) is 6.55. The number of aliphatic carboxylic acids is 2. The summed E-state index contributed by atoms with van der Waals surface area (Å²) >= 11 is 0. The van der Waals surface area contributed by atoms with Gasteiger partial charge >= 0.3 is 11.9 Å². The number of phenolic OH excluding ortho intramolecular Hbond substituents is 1. The van der Waals surface area contributed by atoms with Gasteiger partial charge in [0.15, 0.2) is 0 Å². The molecule has 90 valence electrons. The molecule has 17 heavy (non-hydrogen) atoms. The van der Waals surface area contributed by atoms with Gasteiger partial charge in [0.1, 0.15) is 5.75 Å². The van der Waals surface area contributed by atoms with E-state index in [1.165, 1.54) is 12.1 Å². The van der Waals surface area contributed by atoms with Crippen molar-refractivity contribution in [3.63, 3.8) is 0 Å². The standard InChI is InChI=1S/C7H5NO.C4H6O4/c8-5-6-1-3-7(9)4-2-6;5-3(6)1-2-4(7)8/h1-4,9H;1-2H2,(H,5,6)(H,7,8). The fourth-order valence-corrected chi connectivity index (χ4v) is 0.750. The SMILES string of the molecule is N#Cc1ccc(O)cc1.O=C(O)CCC(=O)O. The van der Waals surface area contributed by atoms with Gasteiger partial charge in [0.2, 0.25) is 0 Å². The minimum atomic E-state index is -1.08. The molecule has 0 spiro atoms. The summed E-state index contributed by atoms with van der Waals surface area (Å²) in [6, 6.07) is 8.04. The first-order valence-corrected chi connectivity index (χ1v) is 4.58. The molecule has 0 unspecified atom stereocenters. The van der Waals surface area contributed by atoms with E-state index in [9.17, 15) is 9.59 Å². The van der Waals surface area contributed by atoms with Gasteiger partial charge in [-0.3, -0.25) is 9.59 Å². The Labute approximate surface area is 97.4 Å². The molecule has 3 N–H and O–H groups in total. The minimum absolute atomic E-state index is 0.189. The van der Waals surface area contributed by atoms with Crippen molar-refractivity contribution in [2.75, 3.05) is 0 Å². The number of carboxylic acids is 2. The number of phenols is 1. The normalized spacial score (nSPS) is 8.41. The van der Waals surface area contributed by atoms with E-state index in [0.29, 0.717) is 5.56 Å². The topological polar surface area (TPSA) is 119 Å². The van der Waals surface area contributed by atoms with Crippen molar-refractivity contribution in [2.24, 2.45) is 0 Å². The summed E-state index contributed by atoms with van der Waals surface area (Å²) in [5.74, 6) is -1.96. The quantitative estimate of drug-likeness (QED) is 0.726. The molecule has 0 aliphatic carbocycles. The third-order valence-electron chi connectivity index (χ3n) is 1.55. The molecule has 0 aliphatic rings. The van der Waals surface area contributed by atoms with Gasteiger partial charge in [-0.1, -0.05) is 0 Å². The molecule has 6 nitrogen and oxygen atoms in total. The first kappa shape index (κ1) is 14.5.